The van der Waals surface area contributed by atoms with Crippen LogP contribution in [0.3, 0.4) is 0 Å². The molecule has 1 fully saturated rings. The molecule has 0 amide bonds. The summed E-state index contributed by atoms with van der Waals surface area (Å²) in [6.07, 6.45) is 0.928. The van der Waals surface area contributed by atoms with Crippen molar-refractivity contribution in [3.63, 3.8) is 0 Å². The van der Waals surface area contributed by atoms with Crippen molar-refractivity contribution in [2.75, 3.05) is 53.9 Å². The predicted molar refractivity (Wildman–Crippen MR) is 93.8 cm³/mol. The molecule has 1 aliphatic rings. The lowest BCUT2D eigenvalue weighted by atomic mass is 10.2. The van der Waals surface area contributed by atoms with Crippen molar-refractivity contribution >= 4 is 17.3 Å². The maximum absolute atomic E-state index is 4.48. The van der Waals surface area contributed by atoms with E-state index in [0.717, 1.165) is 55.8 Å². The molecule has 1 atom stereocenters. The number of nitrogens with one attached hydrogen (secondary N) is 2. The minimum absolute atomic E-state index is 0.526. The average molecular weight is 324 g/mol. The molecular formula is C15H28N6S. The zero-order valence-corrected chi connectivity index (χ0v) is 14.9. The summed E-state index contributed by atoms with van der Waals surface area (Å²) >= 11 is 1.70. The molecule has 0 spiro atoms. The van der Waals surface area contributed by atoms with Crippen LogP contribution in [-0.4, -0.2) is 80.7 Å². The molecule has 1 saturated heterocycles. The number of guanidine groups is 1. The summed E-state index contributed by atoms with van der Waals surface area (Å²) in [5.74, 6) is 0.869. The van der Waals surface area contributed by atoms with Crippen LogP contribution in [0.1, 0.15) is 10.7 Å². The standard InChI is InChI=1S/C15H28N6S/c1-12-19-13(11-22-12)5-6-17-15(16-2)18-9-14-10-20(3)7-8-21(14)4/h11,14H,5-10H2,1-4H3,(H2,16,17,18). The van der Waals surface area contributed by atoms with Gasteiger partial charge in [-0.05, 0) is 21.0 Å². The van der Waals surface area contributed by atoms with Crippen LogP contribution >= 0.6 is 11.3 Å². The Balaban J connectivity index is 1.70. The zero-order chi connectivity index (χ0) is 15.9. The molecule has 1 aromatic rings. The average Bonchev–Trinajstić information content (AvgIpc) is 2.91. The van der Waals surface area contributed by atoms with Crippen LogP contribution in [0.15, 0.2) is 10.4 Å². The van der Waals surface area contributed by atoms with Gasteiger partial charge in [0.25, 0.3) is 0 Å². The summed E-state index contributed by atoms with van der Waals surface area (Å²) < 4.78 is 0. The first-order valence-electron chi connectivity index (χ1n) is 7.83. The van der Waals surface area contributed by atoms with Crippen molar-refractivity contribution < 1.29 is 0 Å². The number of thiazole rings is 1. The van der Waals surface area contributed by atoms with Crippen molar-refractivity contribution in [1.29, 1.82) is 0 Å². The van der Waals surface area contributed by atoms with E-state index >= 15 is 0 Å². The van der Waals surface area contributed by atoms with Gasteiger partial charge in [0.2, 0.25) is 0 Å². The summed E-state index contributed by atoms with van der Waals surface area (Å²) in [4.78, 5) is 13.6. The molecular weight excluding hydrogens is 296 g/mol. The molecule has 0 saturated carbocycles. The Morgan fingerprint density at radius 3 is 2.91 bits per heavy atom. The Kier molecular flexibility index (Phi) is 6.60. The second-order valence-electron chi connectivity index (χ2n) is 5.88. The molecule has 2 rings (SSSR count). The lowest BCUT2D eigenvalue weighted by Gasteiger charge is -2.37. The van der Waals surface area contributed by atoms with Gasteiger partial charge in [-0.2, -0.15) is 0 Å². The number of likely N-dealkylation sites (N-methyl/N-ethyl adjacent to an activating group) is 2. The smallest absolute Gasteiger partial charge is 0.191 e. The summed E-state index contributed by atoms with van der Waals surface area (Å²) in [5.41, 5.74) is 1.15. The summed E-state index contributed by atoms with van der Waals surface area (Å²) in [7, 11) is 6.20. The summed E-state index contributed by atoms with van der Waals surface area (Å²) in [6.45, 7) is 7.17. The number of piperazine rings is 1. The molecule has 22 heavy (non-hydrogen) atoms. The minimum atomic E-state index is 0.526. The first-order valence-corrected chi connectivity index (χ1v) is 8.70. The maximum Gasteiger partial charge on any atom is 0.191 e. The number of hydrogen-bond donors (Lipinski definition) is 2. The lowest BCUT2D eigenvalue weighted by Crippen LogP contribution is -2.55. The van der Waals surface area contributed by atoms with Gasteiger partial charge >= 0.3 is 0 Å². The first kappa shape index (κ1) is 17.2. The SMILES string of the molecule is CN=C(NCCc1csc(C)n1)NCC1CN(C)CCN1C. The molecule has 0 aliphatic carbocycles. The normalized spacial score (nSPS) is 21.1. The third-order valence-corrected chi connectivity index (χ3v) is 4.87. The fourth-order valence-corrected chi connectivity index (χ4v) is 3.24. The predicted octanol–water partition coefficient (Wildman–Crippen LogP) is 0.405. The van der Waals surface area contributed by atoms with E-state index in [0.29, 0.717) is 6.04 Å². The van der Waals surface area contributed by atoms with Crippen molar-refractivity contribution in [3.05, 3.63) is 16.1 Å². The van der Waals surface area contributed by atoms with Gasteiger partial charge in [0.15, 0.2) is 5.96 Å². The van der Waals surface area contributed by atoms with Crippen LogP contribution < -0.4 is 10.6 Å². The Labute approximate surface area is 137 Å². The second kappa shape index (κ2) is 8.45. The van der Waals surface area contributed by atoms with E-state index in [1.807, 2.05) is 14.0 Å². The van der Waals surface area contributed by atoms with E-state index < -0.39 is 0 Å². The molecule has 0 radical (unpaired) electrons. The number of rotatable bonds is 5. The van der Waals surface area contributed by atoms with Gasteiger partial charge < -0.3 is 15.5 Å². The van der Waals surface area contributed by atoms with Gasteiger partial charge in [-0.1, -0.05) is 0 Å². The summed E-state index contributed by atoms with van der Waals surface area (Å²) in [6, 6.07) is 0.526. The number of aromatic nitrogens is 1. The molecule has 0 aromatic carbocycles. The molecule has 0 bridgehead atoms. The van der Waals surface area contributed by atoms with Crippen molar-refractivity contribution in [1.82, 2.24) is 25.4 Å². The highest BCUT2D eigenvalue weighted by molar-refractivity contribution is 7.09. The highest BCUT2D eigenvalue weighted by Gasteiger charge is 2.21. The van der Waals surface area contributed by atoms with Gasteiger partial charge in [-0.15, -0.1) is 11.3 Å². The van der Waals surface area contributed by atoms with Crippen LogP contribution in [-0.2, 0) is 6.42 Å². The van der Waals surface area contributed by atoms with Gasteiger partial charge in [-0.25, -0.2) is 4.98 Å². The first-order chi connectivity index (χ1) is 10.6. The van der Waals surface area contributed by atoms with Crippen LogP contribution in [0.4, 0.5) is 0 Å². The van der Waals surface area contributed by atoms with Crippen molar-refractivity contribution in [2.45, 2.75) is 19.4 Å². The molecule has 6 nitrogen and oxygen atoms in total. The molecule has 124 valence electrons. The van der Waals surface area contributed by atoms with Crippen molar-refractivity contribution in [3.8, 4) is 0 Å². The van der Waals surface area contributed by atoms with Gasteiger partial charge in [-0.3, -0.25) is 9.89 Å². The molecule has 7 heteroatoms. The third kappa shape index (κ3) is 5.23. The quantitative estimate of drug-likeness (QED) is 0.607. The van der Waals surface area contributed by atoms with Gasteiger partial charge in [0, 0.05) is 57.6 Å². The molecule has 2 N–H and O–H groups in total. The fourth-order valence-electron chi connectivity index (χ4n) is 2.59. The van der Waals surface area contributed by atoms with Gasteiger partial charge in [0.1, 0.15) is 0 Å². The third-order valence-electron chi connectivity index (χ3n) is 4.05. The Hall–Kier alpha value is -1.18. The minimum Gasteiger partial charge on any atom is -0.356 e. The van der Waals surface area contributed by atoms with Crippen LogP contribution in [0, 0.1) is 6.92 Å². The largest absolute Gasteiger partial charge is 0.356 e. The van der Waals surface area contributed by atoms with Gasteiger partial charge in [0.05, 0.1) is 10.7 Å². The van der Waals surface area contributed by atoms with E-state index in [9.17, 15) is 0 Å². The van der Waals surface area contributed by atoms with E-state index in [1.165, 1.54) is 0 Å². The maximum atomic E-state index is 4.48. The number of aliphatic imine (C=N–C) groups is 1. The zero-order valence-electron chi connectivity index (χ0n) is 14.1. The van der Waals surface area contributed by atoms with E-state index in [4.69, 9.17) is 0 Å². The number of nitrogens with zero attached hydrogens (tertiary/aromatic N) is 4. The summed E-state index contributed by atoms with van der Waals surface area (Å²) in [5, 5.41) is 10.1. The Morgan fingerprint density at radius 2 is 2.23 bits per heavy atom. The molecule has 1 aromatic heterocycles. The molecule has 2 heterocycles. The van der Waals surface area contributed by atoms with E-state index in [2.05, 4.69) is 49.9 Å². The van der Waals surface area contributed by atoms with E-state index in [1.54, 1.807) is 11.3 Å². The van der Waals surface area contributed by atoms with Crippen LogP contribution in [0.25, 0.3) is 0 Å². The van der Waals surface area contributed by atoms with Crippen LogP contribution in [0.2, 0.25) is 0 Å². The highest BCUT2D eigenvalue weighted by Crippen LogP contribution is 2.07. The monoisotopic (exact) mass is 324 g/mol. The molecule has 1 aliphatic heterocycles. The number of aryl methyl sites for hydroxylation is 1. The Morgan fingerprint density at radius 1 is 1.41 bits per heavy atom. The molecule has 1 unspecified atom stereocenters. The second-order valence-corrected chi connectivity index (χ2v) is 6.95. The van der Waals surface area contributed by atoms with Crippen molar-refractivity contribution in [2.24, 2.45) is 4.99 Å². The van der Waals surface area contributed by atoms with Crippen LogP contribution in [0.5, 0.6) is 0 Å². The highest BCUT2D eigenvalue weighted by atomic mass is 32.1. The lowest BCUT2D eigenvalue weighted by molar-refractivity contribution is 0.116. The number of hydrogen-bond acceptors (Lipinski definition) is 5. The van der Waals surface area contributed by atoms with E-state index in [-0.39, 0.29) is 0 Å². The Bertz CT molecular complexity index is 486. The topological polar surface area (TPSA) is 55.8 Å². The fraction of sp³-hybridized carbons (Fsp3) is 0.733.